The van der Waals surface area contributed by atoms with Crippen LogP contribution in [0.4, 0.5) is 0 Å². The molecule has 2 atom stereocenters. The first kappa shape index (κ1) is 16.8. The van der Waals surface area contributed by atoms with Crippen LogP contribution in [0.3, 0.4) is 0 Å². The van der Waals surface area contributed by atoms with Gasteiger partial charge < -0.3 is 10.2 Å². The van der Waals surface area contributed by atoms with E-state index in [9.17, 15) is 18.0 Å². The van der Waals surface area contributed by atoms with Gasteiger partial charge in [0.2, 0.25) is 11.8 Å². The normalized spacial score (nSPS) is 20.1. The van der Waals surface area contributed by atoms with Crippen LogP contribution in [-0.2, 0) is 19.4 Å². The van der Waals surface area contributed by atoms with Gasteiger partial charge in [0.25, 0.3) is 0 Å². The maximum absolute atomic E-state index is 12.4. The van der Waals surface area contributed by atoms with E-state index in [2.05, 4.69) is 5.32 Å². The minimum Gasteiger partial charge on any atom is -0.345 e. The molecule has 0 unspecified atom stereocenters. The largest absolute Gasteiger partial charge is 0.345 e. The molecule has 1 aromatic carbocycles. The second kappa shape index (κ2) is 5.89. The highest BCUT2D eigenvalue weighted by atomic mass is 35.5. The Morgan fingerprint density at radius 2 is 2.05 bits per heavy atom. The van der Waals surface area contributed by atoms with Gasteiger partial charge >= 0.3 is 0 Å². The molecule has 1 aliphatic rings. The lowest BCUT2D eigenvalue weighted by Crippen LogP contribution is -2.46. The summed E-state index contributed by atoms with van der Waals surface area (Å²) < 4.78 is 24.4. The van der Waals surface area contributed by atoms with Gasteiger partial charge in [-0.15, -0.1) is 0 Å². The Kier molecular flexibility index (Phi) is 4.49. The zero-order valence-corrected chi connectivity index (χ0v) is 14.0. The average Bonchev–Trinajstić information content (AvgIpc) is 2.67. The van der Waals surface area contributed by atoms with E-state index in [1.165, 1.54) is 31.0 Å². The number of hydrogen-bond donors (Lipinski definition) is 1. The van der Waals surface area contributed by atoms with Crippen molar-refractivity contribution in [3.8, 4) is 0 Å². The Morgan fingerprint density at radius 3 is 2.64 bits per heavy atom. The van der Waals surface area contributed by atoms with Crippen molar-refractivity contribution in [1.29, 1.82) is 0 Å². The molecule has 0 radical (unpaired) electrons. The molecule has 1 aromatic rings. The summed E-state index contributed by atoms with van der Waals surface area (Å²) in [5.74, 6) is -0.863. The zero-order valence-electron chi connectivity index (χ0n) is 12.5. The number of rotatable bonds is 3. The van der Waals surface area contributed by atoms with E-state index in [0.29, 0.717) is 10.6 Å². The fourth-order valence-corrected chi connectivity index (χ4v) is 4.60. The predicted octanol–water partition coefficient (Wildman–Crippen LogP) is 1.15. The zero-order chi connectivity index (χ0) is 16.7. The van der Waals surface area contributed by atoms with E-state index in [1.807, 2.05) is 0 Å². The SMILES string of the molecule is CC(=O)N[C@H](C)C(=O)N(C)[C@@H]1CS(=O)(=O)c2ccc(Cl)cc21. The quantitative estimate of drug-likeness (QED) is 0.891. The van der Waals surface area contributed by atoms with E-state index in [0.717, 1.165) is 0 Å². The molecule has 2 rings (SSSR count). The number of nitrogens with one attached hydrogen (secondary N) is 1. The Morgan fingerprint density at radius 1 is 1.41 bits per heavy atom. The third kappa shape index (κ3) is 3.10. The van der Waals surface area contributed by atoms with Crippen LogP contribution in [0.15, 0.2) is 23.1 Å². The first-order valence-electron chi connectivity index (χ1n) is 6.69. The molecule has 0 fully saturated rings. The third-order valence-corrected chi connectivity index (χ3v) is 5.68. The summed E-state index contributed by atoms with van der Waals surface area (Å²) in [4.78, 5) is 25.0. The molecular formula is C14H17ClN2O4S. The van der Waals surface area contributed by atoms with Gasteiger partial charge in [0.1, 0.15) is 6.04 Å². The molecule has 1 N–H and O–H groups in total. The fraction of sp³-hybridized carbons (Fsp3) is 0.429. The molecule has 8 heteroatoms. The number of carbonyl (C=O) groups excluding carboxylic acids is 2. The van der Waals surface area contributed by atoms with Crippen LogP contribution in [0.5, 0.6) is 0 Å². The number of nitrogens with zero attached hydrogens (tertiary/aromatic N) is 1. The van der Waals surface area contributed by atoms with Crippen molar-refractivity contribution in [2.45, 2.75) is 30.8 Å². The minimum absolute atomic E-state index is 0.183. The molecule has 1 heterocycles. The second-order valence-corrected chi connectivity index (χ2v) is 7.79. The number of carbonyl (C=O) groups is 2. The molecule has 0 aliphatic carbocycles. The molecule has 22 heavy (non-hydrogen) atoms. The van der Waals surface area contributed by atoms with Crippen LogP contribution >= 0.6 is 11.6 Å². The molecule has 0 saturated heterocycles. The van der Waals surface area contributed by atoms with Crippen molar-refractivity contribution in [2.24, 2.45) is 0 Å². The van der Waals surface area contributed by atoms with Gasteiger partial charge in [0.15, 0.2) is 9.84 Å². The lowest BCUT2D eigenvalue weighted by molar-refractivity contribution is -0.136. The van der Waals surface area contributed by atoms with Crippen LogP contribution in [-0.4, -0.2) is 44.0 Å². The van der Waals surface area contributed by atoms with Crippen molar-refractivity contribution >= 4 is 33.3 Å². The maximum Gasteiger partial charge on any atom is 0.245 e. The lowest BCUT2D eigenvalue weighted by Gasteiger charge is -2.27. The van der Waals surface area contributed by atoms with Gasteiger partial charge in [-0.3, -0.25) is 9.59 Å². The number of likely N-dealkylation sites (N-methyl/N-ethyl adjacent to an activating group) is 1. The molecule has 120 valence electrons. The number of halogens is 1. The van der Waals surface area contributed by atoms with Crippen LogP contribution in [0, 0.1) is 0 Å². The molecule has 0 saturated carbocycles. The Balaban J connectivity index is 2.33. The summed E-state index contributed by atoms with van der Waals surface area (Å²) in [6, 6.07) is 3.21. The van der Waals surface area contributed by atoms with E-state index in [-0.39, 0.29) is 22.5 Å². The van der Waals surface area contributed by atoms with Crippen LogP contribution in [0.25, 0.3) is 0 Å². The van der Waals surface area contributed by atoms with E-state index >= 15 is 0 Å². The Hall–Kier alpha value is -1.60. The molecule has 2 amide bonds. The van der Waals surface area contributed by atoms with Gasteiger partial charge in [-0.05, 0) is 30.7 Å². The summed E-state index contributed by atoms with van der Waals surface area (Å²) in [5.41, 5.74) is 0.512. The van der Waals surface area contributed by atoms with Crippen molar-refractivity contribution in [1.82, 2.24) is 10.2 Å². The molecule has 0 aromatic heterocycles. The Bertz CT molecular complexity index is 732. The second-order valence-electron chi connectivity index (χ2n) is 5.35. The highest BCUT2D eigenvalue weighted by Gasteiger charge is 2.39. The highest BCUT2D eigenvalue weighted by Crippen LogP contribution is 2.38. The van der Waals surface area contributed by atoms with Gasteiger partial charge in [0.05, 0.1) is 16.7 Å². The van der Waals surface area contributed by atoms with Crippen molar-refractivity contribution in [3.63, 3.8) is 0 Å². The standard InChI is InChI=1S/C14H17ClN2O4S/c1-8(16-9(2)18)14(19)17(3)12-7-22(20,21)13-5-4-10(15)6-11(12)13/h4-6,8,12H,7H2,1-3H3,(H,16,18)/t8-,12-/m1/s1. The molecule has 6 nitrogen and oxygen atoms in total. The van der Waals surface area contributed by atoms with E-state index in [4.69, 9.17) is 11.6 Å². The van der Waals surface area contributed by atoms with E-state index < -0.39 is 21.9 Å². The lowest BCUT2D eigenvalue weighted by atomic mass is 10.1. The summed E-state index contributed by atoms with van der Waals surface area (Å²) in [5, 5.41) is 2.91. The summed E-state index contributed by atoms with van der Waals surface area (Å²) in [6.07, 6.45) is 0. The highest BCUT2D eigenvalue weighted by molar-refractivity contribution is 7.91. The summed E-state index contributed by atoms with van der Waals surface area (Å²) in [6.45, 7) is 2.88. The molecular weight excluding hydrogens is 328 g/mol. The maximum atomic E-state index is 12.4. The topological polar surface area (TPSA) is 83.6 Å². The van der Waals surface area contributed by atoms with Crippen LogP contribution in [0.1, 0.15) is 25.5 Å². The first-order valence-corrected chi connectivity index (χ1v) is 8.72. The summed E-state index contributed by atoms with van der Waals surface area (Å²) >= 11 is 5.94. The number of fused-ring (bicyclic) bond motifs is 1. The molecule has 0 spiro atoms. The van der Waals surface area contributed by atoms with Gasteiger partial charge in [-0.2, -0.15) is 0 Å². The summed E-state index contributed by atoms with van der Waals surface area (Å²) in [7, 11) is -1.91. The van der Waals surface area contributed by atoms with Gasteiger partial charge in [0, 0.05) is 19.0 Å². The van der Waals surface area contributed by atoms with Crippen LogP contribution in [0.2, 0.25) is 5.02 Å². The van der Waals surface area contributed by atoms with E-state index in [1.54, 1.807) is 13.0 Å². The Labute approximate surface area is 134 Å². The first-order chi connectivity index (χ1) is 10.1. The van der Waals surface area contributed by atoms with Crippen molar-refractivity contribution < 1.29 is 18.0 Å². The third-order valence-electron chi connectivity index (χ3n) is 3.65. The number of benzene rings is 1. The molecule has 0 bridgehead atoms. The van der Waals surface area contributed by atoms with Gasteiger partial charge in [-0.25, -0.2) is 8.42 Å². The number of amides is 2. The predicted molar refractivity (Wildman–Crippen MR) is 82.3 cm³/mol. The van der Waals surface area contributed by atoms with Gasteiger partial charge in [-0.1, -0.05) is 11.6 Å². The fourth-order valence-electron chi connectivity index (χ4n) is 2.60. The molecule has 1 aliphatic heterocycles. The number of sulfone groups is 1. The van der Waals surface area contributed by atoms with Crippen molar-refractivity contribution in [3.05, 3.63) is 28.8 Å². The monoisotopic (exact) mass is 344 g/mol. The average molecular weight is 345 g/mol. The van der Waals surface area contributed by atoms with Crippen molar-refractivity contribution in [2.75, 3.05) is 12.8 Å². The van der Waals surface area contributed by atoms with Crippen LogP contribution < -0.4 is 5.32 Å². The number of hydrogen-bond acceptors (Lipinski definition) is 4. The minimum atomic E-state index is -3.44. The smallest absolute Gasteiger partial charge is 0.245 e.